The number of benzene rings is 1. The number of allylic oxidation sites excluding steroid dienone is 1. The van der Waals surface area contributed by atoms with Crippen molar-refractivity contribution in [1.82, 2.24) is 4.90 Å². The Morgan fingerprint density at radius 3 is 2.57 bits per heavy atom. The fraction of sp³-hybridized carbons (Fsp3) is 0.471. The predicted octanol–water partition coefficient (Wildman–Crippen LogP) is 4.52. The molecule has 0 saturated heterocycles. The quantitative estimate of drug-likeness (QED) is 0.508. The number of ketones is 1. The summed E-state index contributed by atoms with van der Waals surface area (Å²) >= 11 is 3.41. The van der Waals surface area contributed by atoms with E-state index in [2.05, 4.69) is 48.5 Å². The molecule has 4 heteroatoms. The first-order valence-corrected chi connectivity index (χ1v) is 8.16. The first kappa shape index (κ1) is 17.8. The molecule has 3 nitrogen and oxygen atoms in total. The molecule has 0 amide bonds. The van der Waals surface area contributed by atoms with E-state index in [9.17, 15) is 4.79 Å². The van der Waals surface area contributed by atoms with E-state index in [0.29, 0.717) is 23.8 Å². The third-order valence-corrected chi connectivity index (χ3v) is 3.52. The van der Waals surface area contributed by atoms with Crippen molar-refractivity contribution in [2.75, 3.05) is 19.7 Å². The number of carbonyl (C=O) groups is 1. The molecule has 0 aliphatic rings. The highest BCUT2D eigenvalue weighted by molar-refractivity contribution is 9.10. The molecule has 0 aromatic heterocycles. The maximum atomic E-state index is 12.4. The molecule has 0 spiro atoms. The largest absolute Gasteiger partial charge is 0.493 e. The van der Waals surface area contributed by atoms with Crippen molar-refractivity contribution in [2.24, 2.45) is 5.92 Å². The van der Waals surface area contributed by atoms with Crippen molar-refractivity contribution >= 4 is 21.7 Å². The Morgan fingerprint density at radius 2 is 2.00 bits per heavy atom. The summed E-state index contributed by atoms with van der Waals surface area (Å²) in [7, 11) is 0. The molecule has 1 rings (SSSR count). The van der Waals surface area contributed by atoms with E-state index >= 15 is 0 Å². The topological polar surface area (TPSA) is 29.5 Å². The number of rotatable bonds is 8. The summed E-state index contributed by atoms with van der Waals surface area (Å²) in [5.41, 5.74) is 0.591. The van der Waals surface area contributed by atoms with Gasteiger partial charge < -0.3 is 9.64 Å². The van der Waals surface area contributed by atoms with E-state index in [1.54, 1.807) is 6.08 Å². The molecule has 1 aromatic rings. The number of ether oxygens (including phenoxy) is 1. The molecule has 0 saturated carbocycles. The van der Waals surface area contributed by atoms with Gasteiger partial charge in [0, 0.05) is 29.8 Å². The van der Waals surface area contributed by atoms with Gasteiger partial charge in [-0.15, -0.1) is 0 Å². The van der Waals surface area contributed by atoms with Crippen LogP contribution >= 0.6 is 15.9 Å². The molecule has 1 aromatic carbocycles. The van der Waals surface area contributed by atoms with Crippen LogP contribution in [0.15, 0.2) is 34.9 Å². The van der Waals surface area contributed by atoms with E-state index in [0.717, 1.165) is 17.6 Å². The fourth-order valence-electron chi connectivity index (χ4n) is 1.77. The average molecular weight is 354 g/mol. The molecular formula is C17H24BrNO2. The van der Waals surface area contributed by atoms with Gasteiger partial charge in [-0.05, 0) is 38.0 Å². The van der Waals surface area contributed by atoms with E-state index in [1.165, 1.54) is 0 Å². The van der Waals surface area contributed by atoms with Gasteiger partial charge in [0.1, 0.15) is 5.75 Å². The van der Waals surface area contributed by atoms with E-state index in [1.807, 2.05) is 24.4 Å². The lowest BCUT2D eigenvalue weighted by Gasteiger charge is -2.15. The second-order valence-corrected chi connectivity index (χ2v) is 6.16. The Morgan fingerprint density at radius 1 is 1.33 bits per heavy atom. The third kappa shape index (κ3) is 5.92. The van der Waals surface area contributed by atoms with Crippen LogP contribution < -0.4 is 4.74 Å². The van der Waals surface area contributed by atoms with Crippen LogP contribution in [0.1, 0.15) is 38.1 Å². The highest BCUT2D eigenvalue weighted by Gasteiger charge is 2.12. The van der Waals surface area contributed by atoms with Gasteiger partial charge in [0.05, 0.1) is 12.2 Å². The van der Waals surface area contributed by atoms with E-state index in [-0.39, 0.29) is 5.78 Å². The maximum Gasteiger partial charge on any atom is 0.191 e. The van der Waals surface area contributed by atoms with Crippen LogP contribution in [0.5, 0.6) is 5.75 Å². The van der Waals surface area contributed by atoms with Crippen molar-refractivity contribution < 1.29 is 9.53 Å². The zero-order valence-electron chi connectivity index (χ0n) is 13.2. The van der Waals surface area contributed by atoms with Gasteiger partial charge in [-0.1, -0.05) is 29.8 Å². The molecule has 0 aliphatic heterocycles. The van der Waals surface area contributed by atoms with Crippen molar-refractivity contribution in [1.29, 1.82) is 0 Å². The van der Waals surface area contributed by atoms with Crippen LogP contribution in [0.3, 0.4) is 0 Å². The molecule has 0 N–H and O–H groups in total. The molecule has 21 heavy (non-hydrogen) atoms. The summed E-state index contributed by atoms with van der Waals surface area (Å²) in [6.45, 7) is 10.7. The smallest absolute Gasteiger partial charge is 0.191 e. The lowest BCUT2D eigenvalue weighted by atomic mass is 10.1. The van der Waals surface area contributed by atoms with Crippen LogP contribution in [0.2, 0.25) is 0 Å². The Kier molecular flexibility index (Phi) is 7.51. The zero-order valence-corrected chi connectivity index (χ0v) is 14.8. The average Bonchev–Trinajstić information content (AvgIpc) is 2.46. The summed E-state index contributed by atoms with van der Waals surface area (Å²) in [5.74, 6) is 1.02. The standard InChI is InChI=1S/C17H24BrNO2/c1-5-19(6-2)10-9-16(20)15-11-14(18)7-8-17(15)21-12-13(3)4/h7-11,13H,5-6,12H2,1-4H3. The fourth-order valence-corrected chi connectivity index (χ4v) is 2.14. The normalized spacial score (nSPS) is 11.1. The Balaban J connectivity index is 2.93. The van der Waals surface area contributed by atoms with Crippen LogP contribution in [-0.4, -0.2) is 30.4 Å². The summed E-state index contributed by atoms with van der Waals surface area (Å²) in [4.78, 5) is 14.5. The van der Waals surface area contributed by atoms with E-state index < -0.39 is 0 Å². The number of carbonyl (C=O) groups excluding carboxylic acids is 1. The van der Waals surface area contributed by atoms with Crippen molar-refractivity contribution in [3.63, 3.8) is 0 Å². The van der Waals surface area contributed by atoms with E-state index in [4.69, 9.17) is 4.74 Å². The van der Waals surface area contributed by atoms with Gasteiger partial charge in [0.2, 0.25) is 0 Å². The number of halogens is 1. The first-order valence-electron chi connectivity index (χ1n) is 7.36. The maximum absolute atomic E-state index is 12.4. The number of nitrogens with zero attached hydrogens (tertiary/aromatic N) is 1. The van der Waals surface area contributed by atoms with Crippen LogP contribution in [0, 0.1) is 5.92 Å². The van der Waals surface area contributed by atoms with Gasteiger partial charge in [-0.2, -0.15) is 0 Å². The first-order chi connectivity index (χ1) is 9.97. The summed E-state index contributed by atoms with van der Waals surface area (Å²) in [6.07, 6.45) is 3.45. The minimum Gasteiger partial charge on any atom is -0.493 e. The molecular weight excluding hydrogens is 330 g/mol. The molecule has 0 unspecified atom stereocenters. The molecule has 0 bridgehead atoms. The summed E-state index contributed by atoms with van der Waals surface area (Å²) in [6, 6.07) is 5.54. The van der Waals surface area contributed by atoms with Crippen LogP contribution in [0.4, 0.5) is 0 Å². The monoisotopic (exact) mass is 353 g/mol. The lowest BCUT2D eigenvalue weighted by Crippen LogP contribution is -2.16. The molecule has 0 radical (unpaired) electrons. The molecule has 116 valence electrons. The van der Waals surface area contributed by atoms with Crippen molar-refractivity contribution in [3.8, 4) is 5.75 Å². The SMILES string of the molecule is CCN(C=CC(=O)c1cc(Br)ccc1OCC(C)C)CC. The second-order valence-electron chi connectivity index (χ2n) is 5.25. The Hall–Kier alpha value is -1.29. The minimum atomic E-state index is -0.0399. The number of hydrogen-bond acceptors (Lipinski definition) is 3. The zero-order chi connectivity index (χ0) is 15.8. The van der Waals surface area contributed by atoms with Gasteiger partial charge >= 0.3 is 0 Å². The predicted molar refractivity (Wildman–Crippen MR) is 90.9 cm³/mol. The molecule has 0 atom stereocenters. The van der Waals surface area contributed by atoms with Gasteiger partial charge in [0.15, 0.2) is 5.78 Å². The van der Waals surface area contributed by atoms with Gasteiger partial charge in [-0.3, -0.25) is 4.79 Å². The lowest BCUT2D eigenvalue weighted by molar-refractivity contribution is 0.104. The number of hydrogen-bond donors (Lipinski definition) is 0. The van der Waals surface area contributed by atoms with Crippen LogP contribution in [0.25, 0.3) is 0 Å². The summed E-state index contributed by atoms with van der Waals surface area (Å²) < 4.78 is 6.62. The molecule has 0 heterocycles. The highest BCUT2D eigenvalue weighted by atomic mass is 79.9. The van der Waals surface area contributed by atoms with Crippen molar-refractivity contribution in [3.05, 3.63) is 40.5 Å². The van der Waals surface area contributed by atoms with Gasteiger partial charge in [-0.25, -0.2) is 0 Å². The van der Waals surface area contributed by atoms with Crippen molar-refractivity contribution in [2.45, 2.75) is 27.7 Å². The molecule has 0 fully saturated rings. The second kappa shape index (κ2) is 8.88. The summed E-state index contributed by atoms with van der Waals surface area (Å²) in [5, 5.41) is 0. The highest BCUT2D eigenvalue weighted by Crippen LogP contribution is 2.24. The third-order valence-electron chi connectivity index (χ3n) is 3.03. The minimum absolute atomic E-state index is 0.0399. The van der Waals surface area contributed by atoms with Crippen LogP contribution in [-0.2, 0) is 0 Å². The van der Waals surface area contributed by atoms with Gasteiger partial charge in [0.25, 0.3) is 0 Å². The molecule has 0 aliphatic carbocycles. The Bertz CT molecular complexity index is 494. The Labute approximate surface area is 136 Å².